The molecule has 2 aromatic rings. The van der Waals surface area contributed by atoms with Crippen LogP contribution in [0, 0.1) is 17.7 Å². The van der Waals surface area contributed by atoms with Gasteiger partial charge in [-0.05, 0) is 17.7 Å². The molecule has 0 aliphatic rings. The minimum atomic E-state index is -1.01. The van der Waals surface area contributed by atoms with Crippen LogP contribution in [0.3, 0.4) is 0 Å². The zero-order valence-electron chi connectivity index (χ0n) is 9.96. The molecule has 0 aromatic heterocycles. The van der Waals surface area contributed by atoms with Crippen LogP contribution in [0.15, 0.2) is 30.3 Å². The molecule has 0 heterocycles. The van der Waals surface area contributed by atoms with E-state index in [9.17, 15) is 8.78 Å². The average Bonchev–Trinajstić information content (AvgIpc) is 2.41. The largest absolute Gasteiger partial charge is 0.497 e. The Morgan fingerprint density at radius 3 is 2.17 bits per heavy atom. The Balaban J connectivity index is 2.59. The first kappa shape index (κ1) is 12.4. The summed E-state index contributed by atoms with van der Waals surface area (Å²) < 4.78 is 37.0. The van der Waals surface area contributed by atoms with Gasteiger partial charge in [0.1, 0.15) is 11.5 Å². The summed E-state index contributed by atoms with van der Waals surface area (Å²) in [6.07, 6.45) is 0. The van der Waals surface area contributed by atoms with Crippen LogP contribution in [-0.4, -0.2) is 14.2 Å². The maximum atomic E-state index is 13.7. The molecule has 2 nitrogen and oxygen atoms in total. The summed E-state index contributed by atoms with van der Waals surface area (Å²) in [6.45, 7) is 0. The van der Waals surface area contributed by atoms with Gasteiger partial charge in [0, 0.05) is 17.7 Å². The number of hydrogen-bond donors (Lipinski definition) is 0. The SMILES string of the molecule is COc1cc(OC)cc(-c2cc[c]c(F)c2F)c1. The van der Waals surface area contributed by atoms with Crippen LogP contribution in [0.1, 0.15) is 0 Å². The Labute approximate surface area is 104 Å². The molecule has 0 N–H and O–H groups in total. The fourth-order valence-electron chi connectivity index (χ4n) is 1.64. The van der Waals surface area contributed by atoms with Gasteiger partial charge >= 0.3 is 0 Å². The molecule has 1 radical (unpaired) electrons. The second-order valence-corrected chi connectivity index (χ2v) is 3.62. The number of hydrogen-bond acceptors (Lipinski definition) is 2. The van der Waals surface area contributed by atoms with E-state index in [1.54, 1.807) is 18.2 Å². The van der Waals surface area contributed by atoms with Crippen LogP contribution in [0.25, 0.3) is 11.1 Å². The molecule has 0 saturated heterocycles. The van der Waals surface area contributed by atoms with Crippen LogP contribution in [0.5, 0.6) is 11.5 Å². The third-order valence-corrected chi connectivity index (χ3v) is 2.55. The van der Waals surface area contributed by atoms with Crippen molar-refractivity contribution in [2.24, 2.45) is 0 Å². The highest BCUT2D eigenvalue weighted by Crippen LogP contribution is 2.31. The zero-order chi connectivity index (χ0) is 13.1. The van der Waals surface area contributed by atoms with Gasteiger partial charge in [-0.15, -0.1) is 0 Å². The molecule has 0 atom stereocenters. The van der Waals surface area contributed by atoms with E-state index in [2.05, 4.69) is 6.07 Å². The lowest BCUT2D eigenvalue weighted by atomic mass is 10.0. The minimum Gasteiger partial charge on any atom is -0.497 e. The van der Waals surface area contributed by atoms with Crippen molar-refractivity contribution < 1.29 is 18.3 Å². The van der Waals surface area contributed by atoms with E-state index in [1.165, 1.54) is 26.4 Å². The Bertz CT molecular complexity index is 545. The summed E-state index contributed by atoms with van der Waals surface area (Å²) in [7, 11) is 2.99. The van der Waals surface area contributed by atoms with Crippen molar-refractivity contribution >= 4 is 0 Å². The molecule has 0 unspecified atom stereocenters. The molecule has 2 rings (SSSR count). The Morgan fingerprint density at radius 2 is 1.61 bits per heavy atom. The summed E-state index contributed by atoms with van der Waals surface area (Å²) in [5.74, 6) is -0.920. The first-order valence-electron chi connectivity index (χ1n) is 5.25. The van der Waals surface area contributed by atoms with Crippen LogP contribution in [0.2, 0.25) is 0 Å². The minimum absolute atomic E-state index is 0.142. The van der Waals surface area contributed by atoms with E-state index in [0.717, 1.165) is 0 Å². The van der Waals surface area contributed by atoms with Gasteiger partial charge in [-0.2, -0.15) is 0 Å². The van der Waals surface area contributed by atoms with E-state index in [4.69, 9.17) is 9.47 Å². The van der Waals surface area contributed by atoms with E-state index in [-0.39, 0.29) is 5.56 Å². The Kier molecular flexibility index (Phi) is 3.46. The van der Waals surface area contributed by atoms with Crippen molar-refractivity contribution in [1.29, 1.82) is 0 Å². The van der Waals surface area contributed by atoms with E-state index in [1.807, 2.05) is 0 Å². The highest BCUT2D eigenvalue weighted by Gasteiger charge is 2.12. The maximum absolute atomic E-state index is 13.7. The molecule has 0 saturated carbocycles. The highest BCUT2D eigenvalue weighted by atomic mass is 19.2. The zero-order valence-corrected chi connectivity index (χ0v) is 9.96. The number of methoxy groups -OCH3 is 2. The van der Waals surface area contributed by atoms with Gasteiger partial charge in [0.2, 0.25) is 0 Å². The van der Waals surface area contributed by atoms with Gasteiger partial charge in [-0.25, -0.2) is 8.78 Å². The van der Waals surface area contributed by atoms with Gasteiger partial charge in [-0.3, -0.25) is 0 Å². The molecule has 0 fully saturated rings. The lowest BCUT2D eigenvalue weighted by Crippen LogP contribution is -1.92. The second-order valence-electron chi connectivity index (χ2n) is 3.62. The number of ether oxygens (including phenoxy) is 2. The fraction of sp³-hybridized carbons (Fsp3) is 0.143. The van der Waals surface area contributed by atoms with E-state index < -0.39 is 11.6 Å². The number of rotatable bonds is 3. The summed E-state index contributed by atoms with van der Waals surface area (Å²) in [6, 6.07) is 9.83. The quantitative estimate of drug-likeness (QED) is 0.829. The van der Waals surface area contributed by atoms with Crippen molar-refractivity contribution in [2.75, 3.05) is 14.2 Å². The van der Waals surface area contributed by atoms with Crippen molar-refractivity contribution in [2.45, 2.75) is 0 Å². The molecule has 0 aliphatic heterocycles. The van der Waals surface area contributed by atoms with Gasteiger partial charge in [0.15, 0.2) is 11.6 Å². The number of halogens is 2. The third-order valence-electron chi connectivity index (χ3n) is 2.55. The van der Waals surface area contributed by atoms with Crippen molar-refractivity contribution in [1.82, 2.24) is 0 Å². The molecule has 4 heteroatoms. The lowest BCUT2D eigenvalue weighted by Gasteiger charge is -2.09. The van der Waals surface area contributed by atoms with Crippen LogP contribution in [0.4, 0.5) is 8.78 Å². The summed E-state index contributed by atoms with van der Waals surface area (Å²) in [5, 5.41) is 0. The first-order valence-corrected chi connectivity index (χ1v) is 5.25. The molecule has 2 aromatic carbocycles. The van der Waals surface area contributed by atoms with Crippen molar-refractivity contribution in [3.8, 4) is 22.6 Å². The summed E-state index contributed by atoms with van der Waals surface area (Å²) in [4.78, 5) is 0. The molecule has 18 heavy (non-hydrogen) atoms. The van der Waals surface area contributed by atoms with Gasteiger partial charge in [0.05, 0.1) is 14.2 Å². The van der Waals surface area contributed by atoms with Crippen LogP contribution >= 0.6 is 0 Å². The normalized spacial score (nSPS) is 10.2. The standard InChI is InChI=1S/C14H11F2O2/c1-17-10-6-9(7-11(8-10)18-2)12-4-3-5-13(15)14(12)16/h3-4,6-8H,1-2H3. The summed E-state index contributed by atoms with van der Waals surface area (Å²) >= 11 is 0. The molecular formula is C14H11F2O2. The maximum Gasteiger partial charge on any atom is 0.167 e. The van der Waals surface area contributed by atoms with Gasteiger partial charge in [0.25, 0.3) is 0 Å². The molecular weight excluding hydrogens is 238 g/mol. The highest BCUT2D eigenvalue weighted by molar-refractivity contribution is 5.67. The first-order chi connectivity index (χ1) is 8.65. The molecule has 0 spiro atoms. The monoisotopic (exact) mass is 249 g/mol. The van der Waals surface area contributed by atoms with Gasteiger partial charge in [-0.1, -0.05) is 12.1 Å². The predicted molar refractivity (Wildman–Crippen MR) is 63.7 cm³/mol. The average molecular weight is 249 g/mol. The molecule has 93 valence electrons. The molecule has 0 aliphatic carbocycles. The van der Waals surface area contributed by atoms with Crippen LogP contribution in [-0.2, 0) is 0 Å². The number of benzene rings is 2. The second kappa shape index (κ2) is 5.04. The molecule has 0 amide bonds. The van der Waals surface area contributed by atoms with Crippen LogP contribution < -0.4 is 9.47 Å². The van der Waals surface area contributed by atoms with Crippen molar-refractivity contribution in [3.63, 3.8) is 0 Å². The van der Waals surface area contributed by atoms with E-state index >= 15 is 0 Å². The van der Waals surface area contributed by atoms with Crippen molar-refractivity contribution in [3.05, 3.63) is 48.0 Å². The smallest absolute Gasteiger partial charge is 0.167 e. The predicted octanol–water partition coefficient (Wildman–Crippen LogP) is 3.45. The summed E-state index contributed by atoms with van der Waals surface area (Å²) in [5.41, 5.74) is 0.625. The molecule has 0 bridgehead atoms. The van der Waals surface area contributed by atoms with E-state index in [0.29, 0.717) is 17.1 Å². The fourth-order valence-corrected chi connectivity index (χ4v) is 1.64. The Morgan fingerprint density at radius 1 is 1.00 bits per heavy atom. The Hall–Kier alpha value is -2.10. The lowest BCUT2D eigenvalue weighted by molar-refractivity contribution is 0.394. The van der Waals surface area contributed by atoms with Gasteiger partial charge < -0.3 is 9.47 Å². The third kappa shape index (κ3) is 2.27. The topological polar surface area (TPSA) is 18.5 Å².